The topological polar surface area (TPSA) is 54.9 Å². The van der Waals surface area contributed by atoms with Gasteiger partial charge in [0.05, 0.1) is 6.10 Å². The zero-order valence-electron chi connectivity index (χ0n) is 20.5. The van der Waals surface area contributed by atoms with Gasteiger partial charge in [-0.1, -0.05) is 25.1 Å². The van der Waals surface area contributed by atoms with E-state index in [4.69, 9.17) is 9.47 Å². The molecule has 6 nitrogen and oxygen atoms in total. The molecule has 1 aliphatic heterocycles. The average molecular weight is 478 g/mol. The van der Waals surface area contributed by atoms with E-state index >= 15 is 0 Å². The Hall–Kier alpha value is -3.45. The fourth-order valence-corrected chi connectivity index (χ4v) is 4.40. The number of hydrogen-bond donors (Lipinski definition) is 0. The molecule has 2 heterocycles. The number of carbonyl (C=O) groups excluding carboxylic acids is 1. The van der Waals surface area contributed by atoms with Crippen molar-refractivity contribution in [1.29, 1.82) is 0 Å². The van der Waals surface area contributed by atoms with E-state index in [2.05, 4.69) is 27.8 Å². The van der Waals surface area contributed by atoms with Gasteiger partial charge in [0.2, 0.25) is 0 Å². The third-order valence-corrected chi connectivity index (χ3v) is 6.12. The second-order valence-corrected chi connectivity index (χ2v) is 8.94. The molecular weight excluding hydrogens is 445 g/mol. The third-order valence-electron chi connectivity index (χ3n) is 6.12. The summed E-state index contributed by atoms with van der Waals surface area (Å²) in [6.07, 6.45) is 2.49. The number of rotatable bonds is 9. The zero-order chi connectivity index (χ0) is 24.8. The highest BCUT2D eigenvalue weighted by Crippen LogP contribution is 2.30. The number of nitrogens with zero attached hydrogens (tertiary/aromatic N) is 3. The van der Waals surface area contributed by atoms with Gasteiger partial charge in [-0.3, -0.25) is 4.90 Å². The lowest BCUT2D eigenvalue weighted by atomic mass is 10.1. The van der Waals surface area contributed by atoms with Crippen LogP contribution in [0.3, 0.4) is 0 Å². The van der Waals surface area contributed by atoms with E-state index in [-0.39, 0.29) is 17.9 Å². The fourth-order valence-electron chi connectivity index (χ4n) is 4.40. The van der Waals surface area contributed by atoms with E-state index in [0.29, 0.717) is 23.2 Å². The van der Waals surface area contributed by atoms with Gasteiger partial charge in [-0.05, 0) is 69.3 Å². The van der Waals surface area contributed by atoms with Crippen molar-refractivity contribution in [2.45, 2.75) is 45.9 Å². The lowest BCUT2D eigenvalue weighted by Gasteiger charge is -2.29. The van der Waals surface area contributed by atoms with E-state index < -0.39 is 0 Å². The van der Waals surface area contributed by atoms with Crippen LogP contribution in [-0.2, 0) is 11.3 Å². The van der Waals surface area contributed by atoms with Gasteiger partial charge in [0.15, 0.2) is 0 Å². The van der Waals surface area contributed by atoms with E-state index in [1.807, 2.05) is 32.0 Å². The molecule has 2 aromatic carbocycles. The van der Waals surface area contributed by atoms with Gasteiger partial charge >= 0.3 is 5.97 Å². The van der Waals surface area contributed by atoms with Gasteiger partial charge in [0.1, 0.15) is 28.7 Å². The average Bonchev–Trinajstić information content (AvgIpc) is 3.34. The Kier molecular flexibility index (Phi) is 7.98. The highest BCUT2D eigenvalue weighted by atomic mass is 19.1. The molecule has 1 atom stereocenters. The molecule has 0 saturated carbocycles. The van der Waals surface area contributed by atoms with Gasteiger partial charge in [-0.15, -0.1) is 0 Å². The molecule has 0 radical (unpaired) electrons. The molecule has 4 rings (SSSR count). The summed E-state index contributed by atoms with van der Waals surface area (Å²) >= 11 is 0. The molecule has 1 aromatic heterocycles. The maximum Gasteiger partial charge on any atom is 0.342 e. The van der Waals surface area contributed by atoms with Crippen molar-refractivity contribution in [2.75, 3.05) is 24.5 Å². The smallest absolute Gasteiger partial charge is 0.342 e. The van der Waals surface area contributed by atoms with Crippen LogP contribution in [0.15, 0.2) is 66.9 Å². The van der Waals surface area contributed by atoms with Crippen LogP contribution in [0.25, 0.3) is 0 Å². The maximum atomic E-state index is 13.3. The van der Waals surface area contributed by atoms with E-state index in [1.165, 1.54) is 12.1 Å². The highest BCUT2D eigenvalue weighted by Gasteiger charge is 2.30. The van der Waals surface area contributed by atoms with Crippen LogP contribution in [0.2, 0.25) is 0 Å². The maximum absolute atomic E-state index is 13.3. The molecule has 0 N–H and O–H groups in total. The van der Waals surface area contributed by atoms with Crippen molar-refractivity contribution in [2.24, 2.45) is 0 Å². The first kappa shape index (κ1) is 24.7. The minimum absolute atomic E-state index is 0.185. The van der Waals surface area contributed by atoms with Gasteiger partial charge in [0.25, 0.3) is 0 Å². The molecule has 7 heteroatoms. The van der Waals surface area contributed by atoms with Crippen LogP contribution in [0.4, 0.5) is 10.2 Å². The van der Waals surface area contributed by atoms with Crippen LogP contribution in [0.1, 0.15) is 43.1 Å². The minimum atomic E-state index is -0.342. The molecule has 1 aliphatic rings. The number of para-hydroxylation sites is 1. The largest absolute Gasteiger partial charge is 0.459 e. The highest BCUT2D eigenvalue weighted by molar-refractivity contribution is 5.95. The minimum Gasteiger partial charge on any atom is -0.459 e. The van der Waals surface area contributed by atoms with Crippen LogP contribution in [0, 0.1) is 5.82 Å². The molecule has 1 fully saturated rings. The summed E-state index contributed by atoms with van der Waals surface area (Å²) in [6.45, 7) is 9.01. The molecule has 3 aromatic rings. The molecule has 35 heavy (non-hydrogen) atoms. The molecular formula is C28H32FN3O3. The van der Waals surface area contributed by atoms with Gasteiger partial charge < -0.3 is 14.4 Å². The normalized spacial score (nSPS) is 15.6. The predicted octanol–water partition coefficient (Wildman–Crippen LogP) is 5.68. The number of anilines is 1. The Labute approximate surface area is 206 Å². The Morgan fingerprint density at radius 3 is 2.66 bits per heavy atom. The second-order valence-electron chi connectivity index (χ2n) is 8.94. The first-order valence-electron chi connectivity index (χ1n) is 12.1. The zero-order valence-corrected chi connectivity index (χ0v) is 20.5. The lowest BCUT2D eigenvalue weighted by Crippen LogP contribution is -2.37. The van der Waals surface area contributed by atoms with Crippen LogP contribution in [0.5, 0.6) is 11.5 Å². The number of aromatic nitrogens is 1. The third kappa shape index (κ3) is 6.17. The van der Waals surface area contributed by atoms with Crippen molar-refractivity contribution in [3.63, 3.8) is 0 Å². The Bertz CT molecular complexity index is 1140. The molecule has 0 aliphatic carbocycles. The van der Waals surface area contributed by atoms with E-state index in [1.54, 1.807) is 30.5 Å². The number of ether oxygens (including phenoxy) is 2. The SMILES string of the molecule is CCN(Cc1ccccc1Oc1ccc(F)cc1)[C@H]1CCN(c2ncccc2C(=O)OC(C)C)C1. The molecule has 0 spiro atoms. The summed E-state index contributed by atoms with van der Waals surface area (Å²) in [7, 11) is 0. The monoisotopic (exact) mass is 477 g/mol. The van der Waals surface area contributed by atoms with Crippen molar-refractivity contribution < 1.29 is 18.7 Å². The van der Waals surface area contributed by atoms with Crippen molar-refractivity contribution in [3.8, 4) is 11.5 Å². The fraction of sp³-hybridized carbons (Fsp3) is 0.357. The van der Waals surface area contributed by atoms with E-state index in [9.17, 15) is 9.18 Å². The molecule has 0 amide bonds. The van der Waals surface area contributed by atoms with Gasteiger partial charge in [-0.25, -0.2) is 14.2 Å². The van der Waals surface area contributed by atoms with Crippen LogP contribution < -0.4 is 9.64 Å². The Balaban J connectivity index is 1.47. The molecule has 1 saturated heterocycles. The lowest BCUT2D eigenvalue weighted by molar-refractivity contribution is 0.0378. The van der Waals surface area contributed by atoms with E-state index in [0.717, 1.165) is 43.9 Å². The number of halogens is 1. The number of likely N-dealkylation sites (N-methyl/N-ethyl adjacent to an activating group) is 1. The first-order chi connectivity index (χ1) is 16.9. The predicted molar refractivity (Wildman–Crippen MR) is 134 cm³/mol. The summed E-state index contributed by atoms with van der Waals surface area (Å²) in [5, 5.41) is 0. The van der Waals surface area contributed by atoms with Gasteiger partial charge in [0, 0.05) is 37.4 Å². The summed E-state index contributed by atoms with van der Waals surface area (Å²) in [5.41, 5.74) is 1.57. The van der Waals surface area contributed by atoms with Crippen molar-refractivity contribution in [3.05, 3.63) is 83.8 Å². The molecule has 0 bridgehead atoms. The van der Waals surface area contributed by atoms with Crippen LogP contribution in [-0.4, -0.2) is 47.6 Å². The second kappa shape index (κ2) is 11.3. The number of esters is 1. The summed E-state index contributed by atoms with van der Waals surface area (Å²) in [4.78, 5) is 21.7. The molecule has 184 valence electrons. The Morgan fingerprint density at radius 1 is 1.14 bits per heavy atom. The van der Waals surface area contributed by atoms with Crippen LogP contribution >= 0.6 is 0 Å². The number of carbonyl (C=O) groups is 1. The standard InChI is InChI=1S/C28H32FN3O3/c1-4-31(18-21-8-5-6-10-26(21)35-24-13-11-22(29)12-14-24)23-15-17-32(19-23)27-25(9-7-16-30-27)28(33)34-20(2)3/h5-14,16,20,23H,4,15,17-19H2,1-3H3/t23-/m0/s1. The Morgan fingerprint density at radius 2 is 1.91 bits per heavy atom. The quantitative estimate of drug-likeness (QED) is 0.370. The summed E-state index contributed by atoms with van der Waals surface area (Å²) in [6, 6.07) is 17.8. The number of pyridine rings is 1. The van der Waals surface area contributed by atoms with Gasteiger partial charge in [-0.2, -0.15) is 0 Å². The molecule has 0 unspecified atom stereocenters. The first-order valence-corrected chi connectivity index (χ1v) is 12.1. The van der Waals surface area contributed by atoms with Crippen molar-refractivity contribution in [1.82, 2.24) is 9.88 Å². The number of benzene rings is 2. The summed E-state index contributed by atoms with van der Waals surface area (Å²) in [5.74, 6) is 1.41. The van der Waals surface area contributed by atoms with Crippen molar-refractivity contribution >= 4 is 11.8 Å². The summed E-state index contributed by atoms with van der Waals surface area (Å²) < 4.78 is 24.8. The number of hydrogen-bond acceptors (Lipinski definition) is 6.